The Labute approximate surface area is 180 Å². The van der Waals surface area contributed by atoms with Crippen LogP contribution in [0.2, 0.25) is 5.02 Å². The van der Waals surface area contributed by atoms with Crippen LogP contribution in [0.1, 0.15) is 11.1 Å². The first kappa shape index (κ1) is 20.3. The number of carbonyl (C=O) groups is 2. The van der Waals surface area contributed by atoms with Gasteiger partial charge in [-0.2, -0.15) is 0 Å². The molecule has 1 aliphatic rings. The van der Waals surface area contributed by atoms with Crippen LogP contribution in [0.4, 0.5) is 4.79 Å². The lowest BCUT2D eigenvalue weighted by atomic mass is 10.1. The van der Waals surface area contributed by atoms with E-state index in [0.29, 0.717) is 31.2 Å². The van der Waals surface area contributed by atoms with Gasteiger partial charge in [-0.25, -0.2) is 4.79 Å². The summed E-state index contributed by atoms with van der Waals surface area (Å²) in [5.74, 6) is 0. The number of nitrogens with zero attached hydrogens (tertiary/aromatic N) is 3. The highest BCUT2D eigenvalue weighted by atomic mass is 35.5. The van der Waals surface area contributed by atoms with Crippen molar-refractivity contribution < 1.29 is 14.3 Å². The van der Waals surface area contributed by atoms with Gasteiger partial charge in [0.15, 0.2) is 0 Å². The quantitative estimate of drug-likeness (QED) is 0.582. The van der Waals surface area contributed by atoms with Crippen molar-refractivity contribution in [3.63, 3.8) is 0 Å². The van der Waals surface area contributed by atoms with Crippen molar-refractivity contribution in [3.8, 4) is 0 Å². The average Bonchev–Trinajstić information content (AvgIpc) is 2.78. The standard InChI is InChI=1S/C23H22ClN3O3/c24-21-8-9-25-22-12-18(6-7-20(21)22)13-26-10-11-27(14-19(26)15-28)23(29)30-16-17-4-2-1-3-5-17/h1-9,12,15,19H,10-11,13-14,16H2. The highest BCUT2D eigenvalue weighted by molar-refractivity contribution is 6.35. The third kappa shape index (κ3) is 4.61. The summed E-state index contributed by atoms with van der Waals surface area (Å²) in [5.41, 5.74) is 2.80. The molecule has 1 amide bonds. The van der Waals surface area contributed by atoms with Gasteiger partial charge in [-0.05, 0) is 23.3 Å². The van der Waals surface area contributed by atoms with E-state index >= 15 is 0 Å². The van der Waals surface area contributed by atoms with Gasteiger partial charge in [0.2, 0.25) is 0 Å². The van der Waals surface area contributed by atoms with E-state index in [9.17, 15) is 9.59 Å². The maximum absolute atomic E-state index is 12.4. The summed E-state index contributed by atoms with van der Waals surface area (Å²) in [6.07, 6.45) is 2.19. The van der Waals surface area contributed by atoms with Crippen LogP contribution >= 0.6 is 11.6 Å². The Hall–Kier alpha value is -2.96. The molecule has 0 N–H and O–H groups in total. The van der Waals surface area contributed by atoms with Gasteiger partial charge in [0, 0.05) is 37.8 Å². The number of ether oxygens (including phenoxy) is 1. The van der Waals surface area contributed by atoms with Crippen LogP contribution in [-0.4, -0.2) is 52.8 Å². The van der Waals surface area contributed by atoms with Crippen LogP contribution in [0, 0.1) is 0 Å². The van der Waals surface area contributed by atoms with Gasteiger partial charge < -0.3 is 14.4 Å². The topological polar surface area (TPSA) is 62.7 Å². The summed E-state index contributed by atoms with van der Waals surface area (Å²) in [6, 6.07) is 16.9. The van der Waals surface area contributed by atoms with Crippen LogP contribution in [0.15, 0.2) is 60.8 Å². The fraction of sp³-hybridized carbons (Fsp3) is 0.261. The Morgan fingerprint density at radius 3 is 2.77 bits per heavy atom. The first-order valence-electron chi connectivity index (χ1n) is 9.82. The van der Waals surface area contributed by atoms with Gasteiger partial charge in [0.25, 0.3) is 0 Å². The third-order valence-corrected chi connectivity index (χ3v) is 5.62. The molecular weight excluding hydrogens is 402 g/mol. The molecule has 0 aliphatic carbocycles. The van der Waals surface area contributed by atoms with Crippen molar-refractivity contribution in [1.29, 1.82) is 0 Å². The predicted octanol–water partition coefficient (Wildman–Crippen LogP) is 3.91. The maximum atomic E-state index is 12.4. The van der Waals surface area contributed by atoms with Gasteiger partial charge in [-0.1, -0.05) is 54.1 Å². The van der Waals surface area contributed by atoms with Crippen molar-refractivity contribution in [1.82, 2.24) is 14.8 Å². The molecule has 30 heavy (non-hydrogen) atoms. The molecule has 1 fully saturated rings. The molecule has 3 aromatic rings. The number of pyridine rings is 1. The zero-order valence-corrected chi connectivity index (χ0v) is 17.2. The number of rotatable bonds is 5. The summed E-state index contributed by atoms with van der Waals surface area (Å²) < 4.78 is 5.41. The van der Waals surface area contributed by atoms with Crippen molar-refractivity contribution in [3.05, 3.63) is 76.9 Å². The molecule has 0 spiro atoms. The SMILES string of the molecule is O=CC1CN(C(=O)OCc2ccccc2)CCN1Cc1ccc2c(Cl)ccnc2c1. The van der Waals surface area contributed by atoms with E-state index in [2.05, 4.69) is 9.88 Å². The summed E-state index contributed by atoms with van der Waals surface area (Å²) in [5, 5.41) is 1.57. The van der Waals surface area contributed by atoms with Crippen LogP contribution in [0.3, 0.4) is 0 Å². The molecular formula is C23H22ClN3O3. The number of piperazine rings is 1. The maximum Gasteiger partial charge on any atom is 0.410 e. The predicted molar refractivity (Wildman–Crippen MR) is 115 cm³/mol. The summed E-state index contributed by atoms with van der Waals surface area (Å²) >= 11 is 6.21. The van der Waals surface area contributed by atoms with Gasteiger partial charge in [-0.3, -0.25) is 9.88 Å². The van der Waals surface area contributed by atoms with E-state index in [1.54, 1.807) is 17.2 Å². The lowest BCUT2D eigenvalue weighted by molar-refractivity contribution is -0.114. The molecule has 7 heteroatoms. The number of amides is 1. The number of aromatic nitrogens is 1. The number of fused-ring (bicyclic) bond motifs is 1. The van der Waals surface area contributed by atoms with E-state index in [-0.39, 0.29) is 12.6 Å². The molecule has 1 aromatic heterocycles. The van der Waals surface area contributed by atoms with E-state index in [1.807, 2.05) is 48.5 Å². The Balaban J connectivity index is 1.37. The Kier molecular flexibility index (Phi) is 6.26. The van der Waals surface area contributed by atoms with Crippen molar-refractivity contribution in [2.45, 2.75) is 19.2 Å². The minimum absolute atomic E-state index is 0.221. The molecule has 1 unspecified atom stereocenters. The monoisotopic (exact) mass is 423 g/mol. The molecule has 1 aliphatic heterocycles. The fourth-order valence-electron chi connectivity index (χ4n) is 3.64. The molecule has 2 heterocycles. The molecule has 2 aromatic carbocycles. The van der Waals surface area contributed by atoms with Crippen molar-refractivity contribution in [2.75, 3.05) is 19.6 Å². The number of hydrogen-bond donors (Lipinski definition) is 0. The Morgan fingerprint density at radius 1 is 1.13 bits per heavy atom. The second-order valence-electron chi connectivity index (χ2n) is 7.30. The number of carbonyl (C=O) groups excluding carboxylic acids is 2. The molecule has 1 saturated heterocycles. The highest BCUT2D eigenvalue weighted by Crippen LogP contribution is 2.23. The zero-order valence-electron chi connectivity index (χ0n) is 16.4. The second-order valence-corrected chi connectivity index (χ2v) is 7.71. The number of benzene rings is 2. The van der Waals surface area contributed by atoms with Gasteiger partial charge in [-0.15, -0.1) is 0 Å². The average molecular weight is 424 g/mol. The molecule has 4 rings (SSSR count). The Bertz CT molecular complexity index is 1040. The summed E-state index contributed by atoms with van der Waals surface area (Å²) in [6.45, 7) is 2.23. The summed E-state index contributed by atoms with van der Waals surface area (Å²) in [7, 11) is 0. The van der Waals surface area contributed by atoms with E-state index in [1.165, 1.54) is 0 Å². The smallest absolute Gasteiger partial charge is 0.410 e. The van der Waals surface area contributed by atoms with Crippen LogP contribution in [0.25, 0.3) is 10.9 Å². The number of aldehydes is 1. The normalized spacial score (nSPS) is 17.1. The minimum atomic E-state index is -0.394. The zero-order chi connectivity index (χ0) is 20.9. The Morgan fingerprint density at radius 2 is 1.97 bits per heavy atom. The second kappa shape index (κ2) is 9.24. The molecule has 1 atom stereocenters. The largest absolute Gasteiger partial charge is 0.445 e. The van der Waals surface area contributed by atoms with E-state index in [0.717, 1.165) is 28.3 Å². The number of halogens is 1. The van der Waals surface area contributed by atoms with E-state index in [4.69, 9.17) is 16.3 Å². The molecule has 6 nitrogen and oxygen atoms in total. The minimum Gasteiger partial charge on any atom is -0.445 e. The fourth-order valence-corrected chi connectivity index (χ4v) is 3.86. The van der Waals surface area contributed by atoms with Gasteiger partial charge in [0.1, 0.15) is 12.9 Å². The number of hydrogen-bond acceptors (Lipinski definition) is 5. The lowest BCUT2D eigenvalue weighted by Crippen LogP contribution is -2.55. The van der Waals surface area contributed by atoms with E-state index < -0.39 is 6.09 Å². The van der Waals surface area contributed by atoms with Crippen molar-refractivity contribution >= 4 is 34.9 Å². The first-order valence-corrected chi connectivity index (χ1v) is 10.2. The summed E-state index contributed by atoms with van der Waals surface area (Å²) in [4.78, 5) is 32.2. The van der Waals surface area contributed by atoms with Gasteiger partial charge in [0.05, 0.1) is 16.6 Å². The van der Waals surface area contributed by atoms with Crippen LogP contribution in [-0.2, 0) is 22.7 Å². The van der Waals surface area contributed by atoms with Gasteiger partial charge >= 0.3 is 6.09 Å². The van der Waals surface area contributed by atoms with Crippen LogP contribution < -0.4 is 0 Å². The third-order valence-electron chi connectivity index (χ3n) is 5.29. The van der Waals surface area contributed by atoms with Crippen molar-refractivity contribution in [2.24, 2.45) is 0 Å². The lowest BCUT2D eigenvalue weighted by Gasteiger charge is -2.38. The first-order chi connectivity index (χ1) is 14.6. The molecule has 0 saturated carbocycles. The highest BCUT2D eigenvalue weighted by Gasteiger charge is 2.30. The molecule has 0 bridgehead atoms. The molecule has 0 radical (unpaired) electrons. The van der Waals surface area contributed by atoms with Crippen LogP contribution in [0.5, 0.6) is 0 Å². The molecule has 154 valence electrons.